The summed E-state index contributed by atoms with van der Waals surface area (Å²) in [6.45, 7) is 3.39. The highest BCUT2D eigenvalue weighted by Gasteiger charge is 2.13. The van der Waals surface area contributed by atoms with Crippen LogP contribution in [0.3, 0.4) is 0 Å². The first-order valence-electron chi connectivity index (χ1n) is 5.42. The fraction of sp³-hybridized carbons (Fsp3) is 0.444. The van der Waals surface area contributed by atoms with Crippen molar-refractivity contribution in [2.45, 2.75) is 0 Å². The third-order valence-electron chi connectivity index (χ3n) is 2.79. The van der Waals surface area contributed by atoms with Gasteiger partial charge in [0.15, 0.2) is 5.65 Å². The summed E-state index contributed by atoms with van der Waals surface area (Å²) in [6.07, 6.45) is 1.63. The molecule has 0 saturated carbocycles. The van der Waals surface area contributed by atoms with Crippen molar-refractivity contribution in [3.63, 3.8) is 0 Å². The molecular formula is C9H12N6O2. The second-order valence-electron chi connectivity index (χ2n) is 3.92. The first-order valence-corrected chi connectivity index (χ1v) is 5.42. The number of hydrogen-bond donors (Lipinski definition) is 3. The van der Waals surface area contributed by atoms with Gasteiger partial charge in [-0.2, -0.15) is 4.79 Å². The molecule has 1 saturated heterocycles. The molecule has 2 aromatic rings. The summed E-state index contributed by atoms with van der Waals surface area (Å²) in [7, 11) is 0. The van der Waals surface area contributed by atoms with Crippen molar-refractivity contribution < 1.29 is 0 Å². The number of rotatable bonds is 1. The highest BCUT2D eigenvalue weighted by Crippen LogP contribution is 2.02. The van der Waals surface area contributed by atoms with Crippen LogP contribution in [0, 0.1) is 0 Å². The number of piperazine rings is 1. The molecule has 0 atom stereocenters. The van der Waals surface area contributed by atoms with E-state index in [0.717, 1.165) is 26.2 Å². The van der Waals surface area contributed by atoms with E-state index < -0.39 is 11.2 Å². The van der Waals surface area contributed by atoms with E-state index in [2.05, 4.69) is 20.4 Å². The van der Waals surface area contributed by atoms with Gasteiger partial charge >= 0.3 is 5.69 Å². The van der Waals surface area contributed by atoms with Gasteiger partial charge in [0.05, 0.1) is 6.20 Å². The smallest absolute Gasteiger partial charge is 0.313 e. The molecule has 90 valence electrons. The van der Waals surface area contributed by atoms with Crippen LogP contribution in [-0.2, 0) is 0 Å². The van der Waals surface area contributed by atoms with Crippen molar-refractivity contribution in [3.05, 3.63) is 27.0 Å². The van der Waals surface area contributed by atoms with E-state index in [1.165, 1.54) is 0 Å². The largest absolute Gasteiger partial charge is 0.327 e. The standard InChI is InChI=1S/C9H12N6O2/c16-8-6-5-15(14-3-1-10-2-4-14)13-7(6)11-9(17)12-8/h5,10H,1-4H2,(H2,11,12,13,16,17). The number of nitrogens with one attached hydrogen (secondary N) is 3. The molecule has 0 aromatic carbocycles. The Labute approximate surface area is 95.2 Å². The molecule has 17 heavy (non-hydrogen) atoms. The molecule has 8 nitrogen and oxygen atoms in total. The summed E-state index contributed by atoms with van der Waals surface area (Å²) in [5, 5.41) is 9.83. The third kappa shape index (κ3) is 1.72. The van der Waals surface area contributed by atoms with Crippen molar-refractivity contribution in [2.24, 2.45) is 0 Å². The minimum Gasteiger partial charge on any atom is -0.313 e. The van der Waals surface area contributed by atoms with Crippen LogP contribution in [0.2, 0.25) is 0 Å². The van der Waals surface area contributed by atoms with Gasteiger partial charge in [0.2, 0.25) is 0 Å². The highest BCUT2D eigenvalue weighted by atomic mass is 16.2. The minimum atomic E-state index is -0.534. The van der Waals surface area contributed by atoms with Crippen LogP contribution in [0.15, 0.2) is 15.8 Å². The summed E-state index contributed by atoms with van der Waals surface area (Å²) in [6, 6.07) is 0. The zero-order valence-corrected chi connectivity index (χ0v) is 9.06. The molecule has 0 radical (unpaired) electrons. The zero-order chi connectivity index (χ0) is 11.8. The summed E-state index contributed by atoms with van der Waals surface area (Å²) in [5.74, 6) is 0. The number of nitrogens with zero attached hydrogens (tertiary/aromatic N) is 3. The Morgan fingerprint density at radius 2 is 1.94 bits per heavy atom. The minimum absolute atomic E-state index is 0.317. The molecule has 1 fully saturated rings. The molecule has 8 heteroatoms. The number of aromatic amines is 2. The first-order chi connectivity index (χ1) is 8.24. The zero-order valence-electron chi connectivity index (χ0n) is 9.06. The molecule has 0 bridgehead atoms. The summed E-state index contributed by atoms with van der Waals surface area (Å²) < 4.78 is 0. The molecular weight excluding hydrogens is 224 g/mol. The van der Waals surface area contributed by atoms with Crippen molar-refractivity contribution in [2.75, 3.05) is 31.2 Å². The molecule has 1 aliphatic heterocycles. The van der Waals surface area contributed by atoms with Gasteiger partial charge in [0.25, 0.3) is 5.56 Å². The van der Waals surface area contributed by atoms with Crippen LogP contribution < -0.4 is 21.6 Å². The van der Waals surface area contributed by atoms with E-state index in [4.69, 9.17) is 0 Å². The van der Waals surface area contributed by atoms with E-state index in [1.807, 2.05) is 5.01 Å². The monoisotopic (exact) mass is 236 g/mol. The second-order valence-corrected chi connectivity index (χ2v) is 3.92. The lowest BCUT2D eigenvalue weighted by atomic mass is 10.4. The maximum Gasteiger partial charge on any atom is 0.327 e. The average Bonchev–Trinajstić information content (AvgIpc) is 2.74. The second kappa shape index (κ2) is 3.74. The first kappa shape index (κ1) is 10.1. The SMILES string of the molecule is O=c1[nH]c(=O)c2cn(N3CCNCC3)nc2[nH]1. The van der Waals surface area contributed by atoms with Gasteiger partial charge in [0, 0.05) is 26.2 Å². The van der Waals surface area contributed by atoms with E-state index in [0.29, 0.717) is 11.0 Å². The van der Waals surface area contributed by atoms with Crippen molar-refractivity contribution in [1.29, 1.82) is 0 Å². The van der Waals surface area contributed by atoms with Crippen LogP contribution >= 0.6 is 0 Å². The van der Waals surface area contributed by atoms with Crippen LogP contribution in [-0.4, -0.2) is 46.0 Å². The number of hydrogen-bond acceptors (Lipinski definition) is 5. The lowest BCUT2D eigenvalue weighted by Gasteiger charge is -2.28. The molecule has 3 heterocycles. The fourth-order valence-corrected chi connectivity index (χ4v) is 1.93. The topological polar surface area (TPSA) is 98.8 Å². The van der Waals surface area contributed by atoms with Crippen LogP contribution in [0.5, 0.6) is 0 Å². The van der Waals surface area contributed by atoms with E-state index in [-0.39, 0.29) is 0 Å². The van der Waals surface area contributed by atoms with Gasteiger partial charge in [-0.1, -0.05) is 0 Å². The third-order valence-corrected chi connectivity index (χ3v) is 2.79. The Kier molecular flexibility index (Phi) is 2.22. The molecule has 3 rings (SSSR count). The van der Waals surface area contributed by atoms with E-state index in [9.17, 15) is 9.59 Å². The number of fused-ring (bicyclic) bond motifs is 1. The van der Waals surface area contributed by atoms with Gasteiger partial charge in [-0.05, 0) is 0 Å². The fourth-order valence-electron chi connectivity index (χ4n) is 1.93. The Morgan fingerprint density at radius 1 is 1.18 bits per heavy atom. The van der Waals surface area contributed by atoms with Gasteiger partial charge < -0.3 is 5.32 Å². The van der Waals surface area contributed by atoms with Crippen molar-refractivity contribution in [1.82, 2.24) is 25.2 Å². The molecule has 0 spiro atoms. The number of H-pyrrole nitrogens is 2. The summed E-state index contributed by atoms with van der Waals surface area (Å²) in [4.78, 5) is 28.9. The highest BCUT2D eigenvalue weighted by molar-refractivity contribution is 5.72. The Bertz CT molecular complexity index is 647. The predicted octanol–water partition coefficient (Wildman–Crippen LogP) is -2.05. The predicted molar refractivity (Wildman–Crippen MR) is 61.8 cm³/mol. The lowest BCUT2D eigenvalue weighted by Crippen LogP contribution is -2.49. The van der Waals surface area contributed by atoms with Crippen molar-refractivity contribution >= 4 is 11.0 Å². The summed E-state index contributed by atoms with van der Waals surface area (Å²) >= 11 is 0. The Balaban J connectivity index is 2.09. The maximum atomic E-state index is 11.5. The molecule has 0 unspecified atom stereocenters. The Hall–Kier alpha value is -2.09. The summed E-state index contributed by atoms with van der Waals surface area (Å²) in [5.41, 5.74) is -0.629. The molecule has 0 aliphatic carbocycles. The normalized spacial score (nSPS) is 16.6. The van der Waals surface area contributed by atoms with E-state index >= 15 is 0 Å². The quantitative estimate of drug-likeness (QED) is 0.529. The molecule has 0 amide bonds. The lowest BCUT2D eigenvalue weighted by molar-refractivity contribution is 0.462. The molecule has 2 aromatic heterocycles. The van der Waals surface area contributed by atoms with Gasteiger partial charge in [-0.3, -0.25) is 19.8 Å². The molecule has 3 N–H and O–H groups in total. The van der Waals surface area contributed by atoms with Gasteiger partial charge in [-0.15, -0.1) is 5.10 Å². The molecule has 1 aliphatic rings. The van der Waals surface area contributed by atoms with Crippen LogP contribution in [0.25, 0.3) is 11.0 Å². The average molecular weight is 236 g/mol. The van der Waals surface area contributed by atoms with Crippen molar-refractivity contribution in [3.8, 4) is 0 Å². The van der Waals surface area contributed by atoms with Gasteiger partial charge in [-0.25, -0.2) is 4.79 Å². The van der Waals surface area contributed by atoms with Gasteiger partial charge in [0.1, 0.15) is 5.39 Å². The Morgan fingerprint density at radius 3 is 2.71 bits per heavy atom. The number of aromatic nitrogens is 4. The maximum absolute atomic E-state index is 11.5. The van der Waals surface area contributed by atoms with Crippen LogP contribution in [0.4, 0.5) is 0 Å². The van der Waals surface area contributed by atoms with E-state index in [1.54, 1.807) is 11.0 Å². The van der Waals surface area contributed by atoms with Crippen LogP contribution in [0.1, 0.15) is 0 Å².